The summed E-state index contributed by atoms with van der Waals surface area (Å²) in [7, 11) is 0. The van der Waals surface area contributed by atoms with Gasteiger partial charge in [-0.05, 0) is 83.1 Å². The number of aromatic amines is 1. The Balaban J connectivity index is 1.56. The minimum atomic E-state index is -0.329. The summed E-state index contributed by atoms with van der Waals surface area (Å²) in [6.07, 6.45) is 7.52. The number of fused-ring (bicyclic) bond motifs is 1. The van der Waals surface area contributed by atoms with E-state index in [1.165, 1.54) is 10.6 Å². The number of hydroxylamine groups is 1. The second-order valence-corrected chi connectivity index (χ2v) is 9.82. The third-order valence-corrected chi connectivity index (χ3v) is 5.90. The second-order valence-electron chi connectivity index (χ2n) is 9.82. The van der Waals surface area contributed by atoms with Gasteiger partial charge in [0.2, 0.25) is 0 Å². The first kappa shape index (κ1) is 22.9. The Labute approximate surface area is 196 Å². The van der Waals surface area contributed by atoms with E-state index in [-0.39, 0.29) is 17.7 Å². The number of urea groups is 1. The predicted molar refractivity (Wildman–Crippen MR) is 135 cm³/mol. The van der Waals surface area contributed by atoms with E-state index in [1.54, 1.807) is 0 Å². The molecule has 6 nitrogen and oxygen atoms in total. The van der Waals surface area contributed by atoms with Gasteiger partial charge in [-0.1, -0.05) is 24.3 Å². The van der Waals surface area contributed by atoms with Crippen LogP contribution in [0.5, 0.6) is 0 Å². The average molecular weight is 447 g/mol. The van der Waals surface area contributed by atoms with E-state index in [1.807, 2.05) is 62.4 Å². The number of H-pyrrole nitrogens is 1. The van der Waals surface area contributed by atoms with Gasteiger partial charge >= 0.3 is 6.03 Å². The fourth-order valence-corrected chi connectivity index (χ4v) is 4.18. The molecule has 1 aromatic heterocycles. The van der Waals surface area contributed by atoms with E-state index in [4.69, 9.17) is 4.84 Å². The van der Waals surface area contributed by atoms with Crippen LogP contribution in [0.15, 0.2) is 67.0 Å². The van der Waals surface area contributed by atoms with Crippen molar-refractivity contribution in [1.82, 2.24) is 9.88 Å². The third-order valence-electron chi connectivity index (χ3n) is 5.90. The van der Waals surface area contributed by atoms with Crippen LogP contribution in [0.25, 0.3) is 10.9 Å². The van der Waals surface area contributed by atoms with Crippen molar-refractivity contribution in [2.75, 3.05) is 16.9 Å². The van der Waals surface area contributed by atoms with Crippen LogP contribution in [0.4, 0.5) is 16.2 Å². The number of nitrogens with zero attached hydrogens (tertiary/aromatic N) is 2. The molecular weight excluding hydrogens is 412 g/mol. The standard InChI is InChI=1S/C27H34N4O2/c1-19(2)33-31(22-9-7-6-8-10-22)26(32)29-21-11-12-25-23(17-21)24(18-28-25)20-13-15-30(16-14-20)27(3,4)5/h6-13,15,17-20,28H,14,16H2,1-5H3,(H,29,32). The first-order valence-corrected chi connectivity index (χ1v) is 11.6. The normalized spacial score (nSPS) is 16.4. The summed E-state index contributed by atoms with van der Waals surface area (Å²) in [6.45, 7) is 11.5. The highest BCUT2D eigenvalue weighted by atomic mass is 16.7. The molecule has 2 aromatic carbocycles. The zero-order valence-corrected chi connectivity index (χ0v) is 20.1. The molecular formula is C27H34N4O2. The molecule has 1 unspecified atom stereocenters. The van der Waals surface area contributed by atoms with Crippen molar-refractivity contribution in [3.8, 4) is 0 Å². The maximum atomic E-state index is 13.1. The summed E-state index contributed by atoms with van der Waals surface area (Å²) < 4.78 is 0. The monoisotopic (exact) mass is 446 g/mol. The number of hydrogen-bond acceptors (Lipinski definition) is 3. The fraction of sp³-hybridized carbons (Fsp3) is 0.370. The van der Waals surface area contributed by atoms with Gasteiger partial charge in [0, 0.05) is 40.8 Å². The molecule has 0 spiro atoms. The molecule has 33 heavy (non-hydrogen) atoms. The Bertz CT molecular complexity index is 1130. The number of rotatable bonds is 5. The van der Waals surface area contributed by atoms with Gasteiger partial charge in [0.05, 0.1) is 11.8 Å². The van der Waals surface area contributed by atoms with Crippen molar-refractivity contribution in [3.05, 3.63) is 72.6 Å². The zero-order chi connectivity index (χ0) is 23.6. The van der Waals surface area contributed by atoms with Crippen molar-refractivity contribution >= 4 is 28.3 Å². The van der Waals surface area contributed by atoms with Crippen LogP contribution in [0, 0.1) is 0 Å². The number of nitrogens with one attached hydrogen (secondary N) is 2. The summed E-state index contributed by atoms with van der Waals surface area (Å²) in [5.74, 6) is 0.341. The van der Waals surface area contributed by atoms with Gasteiger partial charge < -0.3 is 15.2 Å². The van der Waals surface area contributed by atoms with Crippen molar-refractivity contribution in [2.45, 2.75) is 58.6 Å². The highest BCUT2D eigenvalue weighted by molar-refractivity contribution is 6.01. The van der Waals surface area contributed by atoms with Gasteiger partial charge in [0.15, 0.2) is 0 Å². The summed E-state index contributed by atoms with van der Waals surface area (Å²) in [5.41, 5.74) is 3.86. The van der Waals surface area contributed by atoms with Crippen LogP contribution in [-0.2, 0) is 4.84 Å². The van der Waals surface area contributed by atoms with Crippen LogP contribution in [-0.4, -0.2) is 34.1 Å². The Kier molecular flexibility index (Phi) is 6.47. The molecule has 2 N–H and O–H groups in total. The summed E-state index contributed by atoms with van der Waals surface area (Å²) >= 11 is 0. The molecule has 0 bridgehead atoms. The molecule has 0 aliphatic carbocycles. The van der Waals surface area contributed by atoms with Crippen LogP contribution < -0.4 is 10.4 Å². The molecule has 3 aromatic rings. The molecule has 2 heterocycles. The van der Waals surface area contributed by atoms with Crippen LogP contribution in [0.2, 0.25) is 0 Å². The van der Waals surface area contributed by atoms with E-state index in [0.717, 1.165) is 29.6 Å². The first-order chi connectivity index (χ1) is 15.7. The molecule has 6 heteroatoms. The smallest absolute Gasteiger partial charge is 0.350 e. The average Bonchev–Trinajstić information content (AvgIpc) is 3.20. The highest BCUT2D eigenvalue weighted by Crippen LogP contribution is 2.34. The lowest BCUT2D eigenvalue weighted by molar-refractivity contribution is 0.0721. The Morgan fingerprint density at radius 1 is 1.18 bits per heavy atom. The van der Waals surface area contributed by atoms with Gasteiger partial charge in [-0.25, -0.2) is 4.79 Å². The van der Waals surface area contributed by atoms with E-state index < -0.39 is 0 Å². The molecule has 2 amide bonds. The van der Waals surface area contributed by atoms with Crippen molar-refractivity contribution in [1.29, 1.82) is 0 Å². The number of aromatic nitrogens is 1. The Hall–Kier alpha value is -3.25. The Morgan fingerprint density at radius 2 is 1.94 bits per heavy atom. The number of allylic oxidation sites excluding steroid dienone is 1. The molecule has 4 rings (SSSR count). The number of amides is 2. The third kappa shape index (κ3) is 5.22. The number of carbonyl (C=O) groups excluding carboxylic acids is 1. The predicted octanol–water partition coefficient (Wildman–Crippen LogP) is 6.65. The molecule has 0 saturated heterocycles. The zero-order valence-electron chi connectivity index (χ0n) is 20.1. The van der Waals surface area contributed by atoms with E-state index in [0.29, 0.717) is 11.6 Å². The van der Waals surface area contributed by atoms with E-state index >= 15 is 0 Å². The minimum Gasteiger partial charge on any atom is -0.373 e. The fourth-order valence-electron chi connectivity index (χ4n) is 4.18. The molecule has 0 saturated carbocycles. The number of hydrogen-bond donors (Lipinski definition) is 2. The molecule has 0 radical (unpaired) electrons. The lowest BCUT2D eigenvalue weighted by atomic mass is 9.91. The van der Waals surface area contributed by atoms with Crippen LogP contribution in [0.3, 0.4) is 0 Å². The van der Waals surface area contributed by atoms with Crippen molar-refractivity contribution in [2.24, 2.45) is 0 Å². The maximum Gasteiger partial charge on any atom is 0.350 e. The van der Waals surface area contributed by atoms with Gasteiger partial charge in [-0.3, -0.25) is 4.84 Å². The van der Waals surface area contributed by atoms with E-state index in [2.05, 4.69) is 54.4 Å². The highest BCUT2D eigenvalue weighted by Gasteiger charge is 2.24. The van der Waals surface area contributed by atoms with Crippen molar-refractivity contribution in [3.63, 3.8) is 0 Å². The van der Waals surface area contributed by atoms with E-state index in [9.17, 15) is 4.79 Å². The largest absolute Gasteiger partial charge is 0.373 e. The van der Waals surface area contributed by atoms with Gasteiger partial charge in [0.1, 0.15) is 0 Å². The van der Waals surface area contributed by atoms with Crippen LogP contribution in [0.1, 0.15) is 52.5 Å². The number of para-hydroxylation sites is 1. The topological polar surface area (TPSA) is 60.6 Å². The Morgan fingerprint density at radius 3 is 2.58 bits per heavy atom. The lowest BCUT2D eigenvalue weighted by Gasteiger charge is -2.38. The summed E-state index contributed by atoms with van der Waals surface area (Å²) in [4.78, 5) is 24.7. The molecule has 1 aliphatic rings. The van der Waals surface area contributed by atoms with Gasteiger partial charge in [-0.2, -0.15) is 5.06 Å². The number of carbonyl (C=O) groups is 1. The summed E-state index contributed by atoms with van der Waals surface area (Å²) in [5, 5.41) is 5.45. The second kappa shape index (κ2) is 9.32. The van der Waals surface area contributed by atoms with Crippen molar-refractivity contribution < 1.29 is 9.63 Å². The molecule has 174 valence electrons. The lowest BCUT2D eigenvalue weighted by Crippen LogP contribution is -2.39. The SMILES string of the molecule is CC(C)ON(C(=O)Nc1ccc2[nH]cc(C3C=CN(C(C)(C)C)CC3)c2c1)c1ccccc1. The molecule has 1 aliphatic heterocycles. The van der Waals surface area contributed by atoms with Gasteiger partial charge in [0.25, 0.3) is 0 Å². The molecule has 1 atom stereocenters. The molecule has 0 fully saturated rings. The number of anilines is 2. The minimum absolute atomic E-state index is 0.127. The first-order valence-electron chi connectivity index (χ1n) is 11.6. The summed E-state index contributed by atoms with van der Waals surface area (Å²) in [6, 6.07) is 15.0. The maximum absolute atomic E-state index is 13.1. The van der Waals surface area contributed by atoms with Gasteiger partial charge in [-0.15, -0.1) is 0 Å². The quantitative estimate of drug-likeness (QED) is 0.432. The van der Waals surface area contributed by atoms with Crippen LogP contribution >= 0.6 is 0 Å². The number of benzene rings is 2.